The topological polar surface area (TPSA) is 75.9 Å². The van der Waals surface area contributed by atoms with Crippen LogP contribution >= 0.6 is 31.9 Å². The summed E-state index contributed by atoms with van der Waals surface area (Å²) in [6.45, 7) is 2.10. The van der Waals surface area contributed by atoms with E-state index in [1.165, 1.54) is 6.33 Å². The Hall–Kier alpha value is -1.18. The molecule has 0 saturated heterocycles. The van der Waals surface area contributed by atoms with E-state index in [-0.39, 0.29) is 0 Å². The maximum Gasteiger partial charge on any atom is 0.148 e. The quantitative estimate of drug-likeness (QED) is 0.522. The van der Waals surface area contributed by atoms with E-state index in [1.54, 1.807) is 0 Å². The van der Waals surface area contributed by atoms with Gasteiger partial charge in [0, 0.05) is 14.5 Å². The summed E-state index contributed by atoms with van der Waals surface area (Å²) in [6, 6.07) is 5.89. The molecule has 2 aromatic rings. The predicted octanol–water partition coefficient (Wildman–Crippen LogP) is 3.98. The van der Waals surface area contributed by atoms with Crippen molar-refractivity contribution in [3.05, 3.63) is 39.0 Å². The summed E-state index contributed by atoms with van der Waals surface area (Å²) >= 11 is 7.06. The molecule has 0 aliphatic carbocycles. The average molecular weight is 401 g/mol. The van der Waals surface area contributed by atoms with Gasteiger partial charge in [-0.1, -0.05) is 19.4 Å². The SMILES string of the molecule is CCCc1c(NN)ncnc1Nc1c(Br)cccc1Br. The second-order valence-electron chi connectivity index (χ2n) is 4.17. The molecule has 7 heteroatoms. The van der Waals surface area contributed by atoms with Crippen LogP contribution < -0.4 is 16.6 Å². The molecular weight excluding hydrogens is 386 g/mol. The minimum absolute atomic E-state index is 0.646. The van der Waals surface area contributed by atoms with Crippen molar-refractivity contribution < 1.29 is 0 Å². The first-order chi connectivity index (χ1) is 9.67. The molecule has 4 N–H and O–H groups in total. The molecule has 0 amide bonds. The van der Waals surface area contributed by atoms with E-state index >= 15 is 0 Å². The third-order valence-electron chi connectivity index (χ3n) is 2.79. The zero-order chi connectivity index (χ0) is 14.5. The number of nitrogens with two attached hydrogens (primary N) is 1. The van der Waals surface area contributed by atoms with Gasteiger partial charge in [-0.2, -0.15) is 0 Å². The lowest BCUT2D eigenvalue weighted by atomic mass is 10.1. The van der Waals surface area contributed by atoms with Crippen LogP contribution in [0.5, 0.6) is 0 Å². The summed E-state index contributed by atoms with van der Waals surface area (Å²) in [5, 5.41) is 3.33. The van der Waals surface area contributed by atoms with Crippen molar-refractivity contribution in [1.29, 1.82) is 0 Å². The Labute approximate surface area is 134 Å². The molecule has 0 fully saturated rings. The first kappa shape index (κ1) is 15.2. The molecule has 2 rings (SSSR count). The molecule has 1 aromatic heterocycles. The lowest BCUT2D eigenvalue weighted by molar-refractivity contribution is 0.903. The number of nitrogens with zero attached hydrogens (tertiary/aromatic N) is 2. The van der Waals surface area contributed by atoms with Gasteiger partial charge in [0.25, 0.3) is 0 Å². The number of nitrogens with one attached hydrogen (secondary N) is 2. The van der Waals surface area contributed by atoms with Gasteiger partial charge in [-0.15, -0.1) is 0 Å². The number of rotatable bonds is 5. The maximum atomic E-state index is 5.52. The predicted molar refractivity (Wildman–Crippen MR) is 89.0 cm³/mol. The molecule has 0 unspecified atom stereocenters. The van der Waals surface area contributed by atoms with Crippen molar-refractivity contribution in [1.82, 2.24) is 9.97 Å². The van der Waals surface area contributed by atoms with Gasteiger partial charge in [0.1, 0.15) is 18.0 Å². The van der Waals surface area contributed by atoms with Crippen LogP contribution in [0.4, 0.5) is 17.3 Å². The number of hydrogen-bond acceptors (Lipinski definition) is 5. The first-order valence-corrected chi connectivity index (χ1v) is 7.77. The van der Waals surface area contributed by atoms with Gasteiger partial charge in [0.2, 0.25) is 0 Å². The molecular formula is C13H15Br2N5. The number of anilines is 3. The third-order valence-corrected chi connectivity index (χ3v) is 4.11. The number of benzene rings is 1. The Morgan fingerprint density at radius 3 is 2.40 bits per heavy atom. The number of aromatic nitrogens is 2. The van der Waals surface area contributed by atoms with Gasteiger partial charge in [-0.05, 0) is 50.4 Å². The summed E-state index contributed by atoms with van der Waals surface area (Å²) in [5.74, 6) is 6.91. The van der Waals surface area contributed by atoms with Crippen LogP contribution in [-0.2, 0) is 6.42 Å². The summed E-state index contributed by atoms with van der Waals surface area (Å²) in [5.41, 5.74) is 4.52. The molecule has 0 aliphatic rings. The van der Waals surface area contributed by atoms with Gasteiger partial charge >= 0.3 is 0 Å². The van der Waals surface area contributed by atoms with Crippen LogP contribution in [0.2, 0.25) is 0 Å². The maximum absolute atomic E-state index is 5.52. The molecule has 0 spiro atoms. The molecule has 0 radical (unpaired) electrons. The van der Waals surface area contributed by atoms with Crippen LogP contribution in [0.3, 0.4) is 0 Å². The lowest BCUT2D eigenvalue weighted by Crippen LogP contribution is -2.13. The van der Waals surface area contributed by atoms with Crippen LogP contribution in [0.25, 0.3) is 0 Å². The Morgan fingerprint density at radius 1 is 1.15 bits per heavy atom. The van der Waals surface area contributed by atoms with Crippen molar-refractivity contribution in [2.75, 3.05) is 10.7 Å². The fourth-order valence-corrected chi connectivity index (χ4v) is 3.06. The van der Waals surface area contributed by atoms with E-state index in [9.17, 15) is 0 Å². The second-order valence-corrected chi connectivity index (χ2v) is 5.87. The molecule has 0 aliphatic heterocycles. The van der Waals surface area contributed by atoms with Gasteiger partial charge in [-0.3, -0.25) is 0 Å². The Kier molecular flexibility index (Phi) is 5.33. The smallest absolute Gasteiger partial charge is 0.148 e. The Balaban J connectivity index is 2.43. The molecule has 1 aromatic carbocycles. The second kappa shape index (κ2) is 7.01. The number of nitrogen functional groups attached to an aromatic ring is 1. The van der Waals surface area contributed by atoms with Crippen LogP contribution in [0, 0.1) is 0 Å². The van der Waals surface area contributed by atoms with Crippen molar-refractivity contribution in [3.8, 4) is 0 Å². The van der Waals surface area contributed by atoms with Crippen LogP contribution in [0.15, 0.2) is 33.5 Å². The normalized spacial score (nSPS) is 10.4. The van der Waals surface area contributed by atoms with Crippen LogP contribution in [0.1, 0.15) is 18.9 Å². The van der Waals surface area contributed by atoms with Gasteiger partial charge in [-0.25, -0.2) is 15.8 Å². The zero-order valence-electron chi connectivity index (χ0n) is 11.0. The summed E-state index contributed by atoms with van der Waals surface area (Å²) in [6.07, 6.45) is 3.31. The number of hydrogen-bond donors (Lipinski definition) is 3. The highest BCUT2D eigenvalue weighted by Gasteiger charge is 2.12. The minimum atomic E-state index is 0.646. The fourth-order valence-electron chi connectivity index (χ4n) is 1.87. The molecule has 106 valence electrons. The lowest BCUT2D eigenvalue weighted by Gasteiger charge is -2.15. The van der Waals surface area contributed by atoms with E-state index in [2.05, 4.69) is 59.5 Å². The third kappa shape index (κ3) is 3.28. The average Bonchev–Trinajstić information content (AvgIpc) is 2.44. The van der Waals surface area contributed by atoms with E-state index in [0.717, 1.165) is 38.9 Å². The molecule has 0 atom stereocenters. The van der Waals surface area contributed by atoms with Crippen LogP contribution in [-0.4, -0.2) is 9.97 Å². The van der Waals surface area contributed by atoms with E-state index in [4.69, 9.17) is 5.84 Å². The number of para-hydroxylation sites is 1. The summed E-state index contributed by atoms with van der Waals surface area (Å²) in [4.78, 5) is 8.48. The first-order valence-electron chi connectivity index (χ1n) is 6.18. The molecule has 0 bridgehead atoms. The van der Waals surface area contributed by atoms with Crippen molar-refractivity contribution in [2.24, 2.45) is 5.84 Å². The summed E-state index contributed by atoms with van der Waals surface area (Å²) < 4.78 is 1.91. The molecule has 20 heavy (non-hydrogen) atoms. The standard InChI is InChI=1S/C13H15Br2N5/c1-2-4-8-12(17-7-18-13(8)20-16)19-11-9(14)5-3-6-10(11)15/h3,5-7H,2,4,16H2,1H3,(H2,17,18,19,20). The minimum Gasteiger partial charge on any atom is -0.338 e. The zero-order valence-corrected chi connectivity index (χ0v) is 14.1. The van der Waals surface area contributed by atoms with E-state index in [1.807, 2.05) is 18.2 Å². The largest absolute Gasteiger partial charge is 0.338 e. The van der Waals surface area contributed by atoms with Gasteiger partial charge < -0.3 is 10.7 Å². The van der Waals surface area contributed by atoms with Crippen molar-refractivity contribution in [3.63, 3.8) is 0 Å². The number of hydrazine groups is 1. The molecule has 5 nitrogen and oxygen atoms in total. The van der Waals surface area contributed by atoms with Gasteiger partial charge in [0.05, 0.1) is 5.69 Å². The Morgan fingerprint density at radius 2 is 1.80 bits per heavy atom. The van der Waals surface area contributed by atoms with E-state index in [0.29, 0.717) is 5.82 Å². The van der Waals surface area contributed by atoms with Crippen molar-refractivity contribution in [2.45, 2.75) is 19.8 Å². The summed E-state index contributed by atoms with van der Waals surface area (Å²) in [7, 11) is 0. The molecule has 1 heterocycles. The monoisotopic (exact) mass is 399 g/mol. The highest BCUT2D eigenvalue weighted by molar-refractivity contribution is 9.11. The number of halogens is 2. The van der Waals surface area contributed by atoms with E-state index < -0.39 is 0 Å². The highest BCUT2D eigenvalue weighted by Crippen LogP contribution is 2.34. The van der Waals surface area contributed by atoms with Crippen molar-refractivity contribution >= 4 is 49.2 Å². The van der Waals surface area contributed by atoms with Gasteiger partial charge in [0.15, 0.2) is 0 Å². The fraction of sp³-hybridized carbons (Fsp3) is 0.231. The highest BCUT2D eigenvalue weighted by atomic mass is 79.9. The Bertz CT molecular complexity index is 583. The molecule has 0 saturated carbocycles.